The van der Waals surface area contributed by atoms with Crippen molar-refractivity contribution in [2.75, 3.05) is 0 Å². The lowest BCUT2D eigenvalue weighted by Gasteiger charge is -2.59. The molecule has 0 aromatic rings. The van der Waals surface area contributed by atoms with Gasteiger partial charge < -0.3 is 19.7 Å². The molecule has 0 aromatic heterocycles. The molecule has 0 amide bonds. The summed E-state index contributed by atoms with van der Waals surface area (Å²) in [6.45, 7) is 16.1. The highest BCUT2D eigenvalue weighted by atomic mass is 16.6. The molecule has 11 atom stereocenters. The van der Waals surface area contributed by atoms with Crippen LogP contribution in [0.15, 0.2) is 0 Å². The molecule has 5 saturated carbocycles. The monoisotopic (exact) mass is 520 g/mol. The molecular weight excluding hydrogens is 464 g/mol. The summed E-state index contributed by atoms with van der Waals surface area (Å²) in [4.78, 5) is 11.8. The number of carbonyl (C=O) groups is 1. The summed E-state index contributed by atoms with van der Waals surface area (Å²) in [5.41, 5.74) is 0.212. The van der Waals surface area contributed by atoms with Crippen LogP contribution in [0.25, 0.3) is 0 Å². The summed E-state index contributed by atoms with van der Waals surface area (Å²) >= 11 is 0. The van der Waals surface area contributed by atoms with Crippen LogP contribution in [0.3, 0.4) is 0 Å². The predicted octanol–water partition coefficient (Wildman–Crippen LogP) is 6.53. The second kappa shape index (κ2) is 8.93. The van der Waals surface area contributed by atoms with Gasteiger partial charge in [-0.1, -0.05) is 34.6 Å². The van der Waals surface area contributed by atoms with Gasteiger partial charge in [0.25, 0.3) is 0 Å². The molecule has 214 valence electrons. The zero-order valence-corrected chi connectivity index (χ0v) is 24.8. The Bertz CT molecular complexity index is 899. The fraction of sp³-hybridized carbons (Fsp3) is 0.969. The Balaban J connectivity index is 0.00000110. The Morgan fingerprint density at radius 2 is 1.65 bits per heavy atom. The first kappa shape index (κ1) is 27.9. The number of ether oxygens (including phenoxy) is 2. The minimum Gasteiger partial charge on any atom is -0.457 e. The minimum atomic E-state index is -1.13. The lowest BCUT2D eigenvalue weighted by Crippen LogP contribution is -2.54. The van der Waals surface area contributed by atoms with Crippen LogP contribution in [-0.4, -0.2) is 46.2 Å². The van der Waals surface area contributed by atoms with Gasteiger partial charge in [0.2, 0.25) is 0 Å². The van der Waals surface area contributed by atoms with E-state index < -0.39 is 11.7 Å². The van der Waals surface area contributed by atoms with Crippen molar-refractivity contribution in [2.45, 2.75) is 150 Å². The number of aliphatic hydroxyl groups is 2. The molecule has 1 heterocycles. The van der Waals surface area contributed by atoms with Gasteiger partial charge in [-0.2, -0.15) is 0 Å². The summed E-state index contributed by atoms with van der Waals surface area (Å²) in [6.07, 6.45) is 11.1. The molecule has 0 aromatic carbocycles. The van der Waals surface area contributed by atoms with Crippen molar-refractivity contribution in [2.24, 2.45) is 45.3 Å². The standard InChI is InChI=1S/C30H48O5.C2H6.H2/c1-17(31)34-25(27(4,5)33)21-9-7-19-22(35-21)15-20-18-8-10-23-26(2,3)24(32)11-12-30(23)16-29(18,30)14-13-28(19,20)6;1-2;/h18-25,32-33H,7-16H2,1-6H3;1-2H3;1H/t18?,19?,20?,21?,22?,23?,24-,25-,28?,29?,30?;;/m0../s1. The zero-order chi connectivity index (χ0) is 27.2. The fourth-order valence-electron chi connectivity index (χ4n) is 11.3. The maximum absolute atomic E-state index is 11.8. The van der Waals surface area contributed by atoms with Gasteiger partial charge in [-0.3, -0.25) is 4.79 Å². The van der Waals surface area contributed by atoms with Crippen molar-refractivity contribution in [3.8, 4) is 0 Å². The SMILES string of the molecule is CC.CC(=O)O[C@@H](C1CCC2C(CC3C4CCC5C(C)(C)[C@@H](O)CCC56CC46CCC23C)O1)C(C)(C)O.[HH]. The Morgan fingerprint density at radius 3 is 2.30 bits per heavy atom. The van der Waals surface area contributed by atoms with E-state index in [9.17, 15) is 15.0 Å². The summed E-state index contributed by atoms with van der Waals surface area (Å²) in [5, 5.41) is 21.6. The van der Waals surface area contributed by atoms with Crippen LogP contribution in [0.5, 0.6) is 0 Å². The number of rotatable bonds is 3. The zero-order valence-electron chi connectivity index (χ0n) is 24.8. The lowest BCUT2D eigenvalue weighted by atomic mass is 9.46. The summed E-state index contributed by atoms with van der Waals surface area (Å²) in [6, 6.07) is 0. The highest BCUT2D eigenvalue weighted by Crippen LogP contribution is 2.87. The first-order valence-electron chi connectivity index (χ1n) is 15.5. The van der Waals surface area contributed by atoms with E-state index in [4.69, 9.17) is 9.47 Å². The van der Waals surface area contributed by atoms with Crippen LogP contribution in [0.2, 0.25) is 0 Å². The Kier molecular flexibility index (Phi) is 6.73. The molecular formula is C32H56O5. The van der Waals surface area contributed by atoms with E-state index in [-0.39, 0.29) is 31.1 Å². The van der Waals surface area contributed by atoms with Gasteiger partial charge in [-0.25, -0.2) is 0 Å². The van der Waals surface area contributed by atoms with Gasteiger partial charge in [-0.15, -0.1) is 0 Å². The quantitative estimate of drug-likeness (QED) is 0.414. The van der Waals surface area contributed by atoms with Crippen LogP contribution >= 0.6 is 0 Å². The van der Waals surface area contributed by atoms with E-state index in [0.717, 1.165) is 31.6 Å². The number of hydrogen-bond donors (Lipinski definition) is 2. The molecule has 0 radical (unpaired) electrons. The van der Waals surface area contributed by atoms with E-state index in [2.05, 4.69) is 20.8 Å². The molecule has 6 fully saturated rings. The van der Waals surface area contributed by atoms with Crippen molar-refractivity contribution in [1.82, 2.24) is 0 Å². The van der Waals surface area contributed by atoms with Crippen LogP contribution in [0.1, 0.15) is 121 Å². The second-order valence-corrected chi connectivity index (χ2v) is 15.0. The molecule has 5 heteroatoms. The molecule has 9 unspecified atom stereocenters. The van der Waals surface area contributed by atoms with Crippen molar-refractivity contribution >= 4 is 5.97 Å². The molecule has 0 bridgehead atoms. The maximum Gasteiger partial charge on any atom is 0.303 e. The fourth-order valence-corrected chi connectivity index (χ4v) is 11.3. The smallest absolute Gasteiger partial charge is 0.303 e. The van der Waals surface area contributed by atoms with E-state index in [0.29, 0.717) is 34.0 Å². The second-order valence-electron chi connectivity index (χ2n) is 15.0. The number of esters is 1. The predicted molar refractivity (Wildman–Crippen MR) is 147 cm³/mol. The first-order valence-corrected chi connectivity index (χ1v) is 15.5. The Morgan fingerprint density at radius 1 is 0.973 bits per heavy atom. The van der Waals surface area contributed by atoms with Crippen LogP contribution in [0.4, 0.5) is 0 Å². The Labute approximate surface area is 226 Å². The minimum absolute atomic E-state index is 0. The highest BCUT2D eigenvalue weighted by Gasteiger charge is 2.80. The molecule has 5 nitrogen and oxygen atoms in total. The van der Waals surface area contributed by atoms with Crippen molar-refractivity contribution < 1.29 is 25.9 Å². The molecule has 6 rings (SSSR count). The molecule has 2 N–H and O–H groups in total. The largest absolute Gasteiger partial charge is 0.457 e. The van der Waals surface area contributed by atoms with E-state index in [1.54, 1.807) is 13.8 Å². The van der Waals surface area contributed by atoms with Crippen LogP contribution in [0, 0.1) is 45.3 Å². The van der Waals surface area contributed by atoms with Gasteiger partial charge in [0, 0.05) is 8.35 Å². The van der Waals surface area contributed by atoms with Gasteiger partial charge in [0.05, 0.1) is 23.9 Å². The summed E-state index contributed by atoms with van der Waals surface area (Å²) < 4.78 is 12.4. The molecule has 37 heavy (non-hydrogen) atoms. The average Bonchev–Trinajstić information content (AvgIpc) is 3.41. The molecule has 1 saturated heterocycles. The number of aliphatic hydroxyl groups excluding tert-OH is 1. The third kappa shape index (κ3) is 3.83. The first-order chi connectivity index (χ1) is 17.3. The van der Waals surface area contributed by atoms with Gasteiger partial charge >= 0.3 is 5.97 Å². The van der Waals surface area contributed by atoms with E-state index in [1.807, 2.05) is 13.8 Å². The van der Waals surface area contributed by atoms with Gasteiger partial charge in [0.15, 0.2) is 6.10 Å². The number of fused-ring (bicyclic) bond motifs is 4. The van der Waals surface area contributed by atoms with Crippen LogP contribution in [-0.2, 0) is 14.3 Å². The van der Waals surface area contributed by atoms with Gasteiger partial charge in [-0.05, 0) is 123 Å². The normalized spacial score (nSPS) is 50.1. The number of carbonyl (C=O) groups excluding carboxylic acids is 1. The average molecular weight is 521 g/mol. The summed E-state index contributed by atoms with van der Waals surface area (Å²) in [5.74, 6) is 2.37. The Hall–Kier alpha value is -0.650. The topological polar surface area (TPSA) is 76.0 Å². The van der Waals surface area contributed by atoms with Crippen molar-refractivity contribution in [3.05, 3.63) is 0 Å². The lowest BCUT2D eigenvalue weighted by molar-refractivity contribution is -0.200. The summed E-state index contributed by atoms with van der Waals surface area (Å²) in [7, 11) is 0. The molecule has 5 aliphatic carbocycles. The van der Waals surface area contributed by atoms with E-state index in [1.165, 1.54) is 45.4 Å². The van der Waals surface area contributed by atoms with Crippen LogP contribution < -0.4 is 0 Å². The van der Waals surface area contributed by atoms with Crippen molar-refractivity contribution in [1.29, 1.82) is 0 Å². The molecule has 6 aliphatic rings. The van der Waals surface area contributed by atoms with Crippen molar-refractivity contribution in [3.63, 3.8) is 0 Å². The third-order valence-electron chi connectivity index (χ3n) is 12.9. The third-order valence-corrected chi connectivity index (χ3v) is 12.9. The maximum atomic E-state index is 11.8. The highest BCUT2D eigenvalue weighted by molar-refractivity contribution is 5.66. The molecule has 1 aliphatic heterocycles. The molecule has 2 spiro atoms. The van der Waals surface area contributed by atoms with Gasteiger partial charge in [0.1, 0.15) is 0 Å². The van der Waals surface area contributed by atoms with E-state index >= 15 is 0 Å². The number of hydrogen-bond acceptors (Lipinski definition) is 5.